The molecule has 0 saturated carbocycles. The van der Waals surface area contributed by atoms with Crippen LogP contribution >= 0.6 is 0 Å². The van der Waals surface area contributed by atoms with Gasteiger partial charge in [0.2, 0.25) is 0 Å². The number of aryl methyl sites for hydroxylation is 1. The molecule has 1 amide bonds. The number of rotatable bonds is 10. The van der Waals surface area contributed by atoms with E-state index in [2.05, 4.69) is 4.90 Å². The van der Waals surface area contributed by atoms with E-state index in [1.807, 2.05) is 51.1 Å². The van der Waals surface area contributed by atoms with E-state index in [1.165, 1.54) is 17.0 Å². The molecule has 1 unspecified atom stereocenters. The minimum Gasteiger partial charge on any atom is -0.507 e. The molecule has 1 N–H and O–H groups in total. The lowest BCUT2D eigenvalue weighted by atomic mass is 9.94. The van der Waals surface area contributed by atoms with Gasteiger partial charge in [-0.2, -0.15) is 0 Å². The zero-order valence-electron chi connectivity index (χ0n) is 22.0. The SMILES string of the molecule is CCN(CC)CCN1C(=O)C(=O)/C(=C(/O)c2ccc(OCc3ccccc3)c(C)c2)C1c1ccc(F)cc1. The third kappa shape index (κ3) is 5.78. The minimum atomic E-state index is -0.819. The van der Waals surface area contributed by atoms with Crippen LogP contribution in [-0.4, -0.2) is 52.8 Å². The highest BCUT2D eigenvalue weighted by Gasteiger charge is 2.46. The lowest BCUT2D eigenvalue weighted by Gasteiger charge is -2.28. The number of aliphatic hydroxyl groups is 1. The standard InChI is InChI=1S/C31H33FN2O4/c1-4-33(5-2)17-18-34-28(23-11-14-25(32)15-12-23)27(30(36)31(34)37)29(35)24-13-16-26(21(3)19-24)38-20-22-9-7-6-8-10-22/h6-16,19,28,35H,4-5,17-18,20H2,1-3H3/b29-27+. The third-order valence-corrected chi connectivity index (χ3v) is 6.96. The molecular formula is C31H33FN2O4. The summed E-state index contributed by atoms with van der Waals surface area (Å²) in [6, 6.07) is 19.8. The largest absolute Gasteiger partial charge is 0.507 e. The zero-order valence-corrected chi connectivity index (χ0v) is 22.0. The average Bonchev–Trinajstić information content (AvgIpc) is 3.18. The van der Waals surface area contributed by atoms with Crippen molar-refractivity contribution in [1.82, 2.24) is 9.80 Å². The number of carbonyl (C=O) groups is 2. The van der Waals surface area contributed by atoms with Crippen LogP contribution in [0.1, 0.15) is 42.1 Å². The number of amides is 1. The summed E-state index contributed by atoms with van der Waals surface area (Å²) >= 11 is 0. The number of Topliss-reactive ketones (excluding diaryl/α,β-unsaturated/α-hetero) is 1. The Bertz CT molecular complexity index is 1320. The number of halogens is 1. The fourth-order valence-corrected chi connectivity index (χ4v) is 4.74. The van der Waals surface area contributed by atoms with Gasteiger partial charge in [0, 0.05) is 18.7 Å². The first kappa shape index (κ1) is 27.1. The Morgan fingerprint density at radius 2 is 1.68 bits per heavy atom. The van der Waals surface area contributed by atoms with Gasteiger partial charge in [0.25, 0.3) is 11.7 Å². The molecule has 3 aromatic rings. The molecule has 0 aliphatic carbocycles. The third-order valence-electron chi connectivity index (χ3n) is 6.96. The van der Waals surface area contributed by atoms with E-state index in [1.54, 1.807) is 30.3 Å². The molecule has 4 rings (SSSR count). The Morgan fingerprint density at radius 3 is 2.32 bits per heavy atom. The highest BCUT2D eigenvalue weighted by atomic mass is 19.1. The van der Waals surface area contributed by atoms with E-state index in [4.69, 9.17) is 4.74 Å². The van der Waals surface area contributed by atoms with Crippen molar-refractivity contribution in [3.8, 4) is 5.75 Å². The number of benzene rings is 3. The van der Waals surface area contributed by atoms with E-state index >= 15 is 0 Å². The van der Waals surface area contributed by atoms with Crippen LogP contribution in [0, 0.1) is 12.7 Å². The molecular weight excluding hydrogens is 483 g/mol. The Morgan fingerprint density at radius 1 is 1.00 bits per heavy atom. The van der Waals surface area contributed by atoms with Crippen molar-refractivity contribution in [2.75, 3.05) is 26.2 Å². The van der Waals surface area contributed by atoms with Gasteiger partial charge in [-0.05, 0) is 67.0 Å². The first-order valence-corrected chi connectivity index (χ1v) is 12.9. The van der Waals surface area contributed by atoms with Crippen molar-refractivity contribution >= 4 is 17.4 Å². The number of aliphatic hydroxyl groups excluding tert-OH is 1. The van der Waals surface area contributed by atoms with Gasteiger partial charge in [-0.1, -0.05) is 56.3 Å². The van der Waals surface area contributed by atoms with Gasteiger partial charge in [0.15, 0.2) is 0 Å². The normalized spacial score (nSPS) is 16.9. The first-order valence-electron chi connectivity index (χ1n) is 12.9. The first-order chi connectivity index (χ1) is 18.3. The topological polar surface area (TPSA) is 70.1 Å². The van der Waals surface area contributed by atoms with Crippen molar-refractivity contribution in [2.24, 2.45) is 0 Å². The van der Waals surface area contributed by atoms with Crippen molar-refractivity contribution in [3.63, 3.8) is 0 Å². The van der Waals surface area contributed by atoms with Crippen molar-refractivity contribution in [3.05, 3.63) is 106 Å². The molecule has 1 heterocycles. The van der Waals surface area contributed by atoms with E-state index in [0.717, 1.165) is 24.2 Å². The predicted molar refractivity (Wildman–Crippen MR) is 145 cm³/mol. The van der Waals surface area contributed by atoms with Gasteiger partial charge in [-0.15, -0.1) is 0 Å². The maximum absolute atomic E-state index is 13.7. The van der Waals surface area contributed by atoms with Gasteiger partial charge in [-0.25, -0.2) is 4.39 Å². The molecule has 7 heteroatoms. The van der Waals surface area contributed by atoms with Crippen LogP contribution in [0.25, 0.3) is 5.76 Å². The Labute approximate surface area is 223 Å². The Balaban J connectivity index is 1.68. The number of ether oxygens (including phenoxy) is 1. The second-order valence-electron chi connectivity index (χ2n) is 9.33. The molecule has 1 atom stereocenters. The van der Waals surface area contributed by atoms with Gasteiger partial charge in [-0.3, -0.25) is 9.59 Å². The minimum absolute atomic E-state index is 0.00138. The molecule has 3 aromatic carbocycles. The summed E-state index contributed by atoms with van der Waals surface area (Å²) in [5, 5.41) is 11.4. The molecule has 1 aliphatic heterocycles. The molecule has 6 nitrogen and oxygen atoms in total. The molecule has 38 heavy (non-hydrogen) atoms. The Kier molecular flexibility index (Phi) is 8.59. The number of carbonyl (C=O) groups excluding carboxylic acids is 2. The summed E-state index contributed by atoms with van der Waals surface area (Å²) in [7, 11) is 0. The second kappa shape index (κ2) is 12.0. The fourth-order valence-electron chi connectivity index (χ4n) is 4.74. The summed E-state index contributed by atoms with van der Waals surface area (Å²) in [4.78, 5) is 30.0. The van der Waals surface area contributed by atoms with Crippen molar-refractivity contribution in [2.45, 2.75) is 33.4 Å². The van der Waals surface area contributed by atoms with Crippen LogP contribution in [0.3, 0.4) is 0 Å². The summed E-state index contributed by atoms with van der Waals surface area (Å²) in [5.74, 6) is -1.46. The van der Waals surface area contributed by atoms with E-state index in [-0.39, 0.29) is 11.3 Å². The van der Waals surface area contributed by atoms with Gasteiger partial charge in [0.1, 0.15) is 23.9 Å². The average molecular weight is 517 g/mol. The molecule has 0 aromatic heterocycles. The molecule has 0 bridgehead atoms. The highest BCUT2D eigenvalue weighted by molar-refractivity contribution is 6.46. The van der Waals surface area contributed by atoms with Crippen LogP contribution < -0.4 is 4.74 Å². The zero-order chi connectivity index (χ0) is 27.2. The van der Waals surface area contributed by atoms with Crippen LogP contribution in [-0.2, 0) is 16.2 Å². The maximum atomic E-state index is 13.7. The van der Waals surface area contributed by atoms with Crippen molar-refractivity contribution in [1.29, 1.82) is 0 Å². The van der Waals surface area contributed by atoms with E-state index in [0.29, 0.717) is 36.6 Å². The van der Waals surface area contributed by atoms with Crippen LogP contribution in [0.5, 0.6) is 5.75 Å². The Hall–Kier alpha value is -3.97. The number of hydrogen-bond donors (Lipinski definition) is 1. The highest BCUT2D eigenvalue weighted by Crippen LogP contribution is 2.39. The van der Waals surface area contributed by atoms with Crippen LogP contribution in [0.15, 0.2) is 78.4 Å². The molecule has 1 aliphatic rings. The van der Waals surface area contributed by atoms with Crippen molar-refractivity contribution < 1.29 is 23.8 Å². The smallest absolute Gasteiger partial charge is 0.295 e. The van der Waals surface area contributed by atoms with Crippen LogP contribution in [0.2, 0.25) is 0 Å². The molecule has 1 saturated heterocycles. The van der Waals surface area contributed by atoms with Gasteiger partial charge in [0.05, 0.1) is 11.6 Å². The van der Waals surface area contributed by atoms with Crippen LogP contribution in [0.4, 0.5) is 4.39 Å². The second-order valence-corrected chi connectivity index (χ2v) is 9.33. The van der Waals surface area contributed by atoms with E-state index in [9.17, 15) is 19.1 Å². The number of nitrogens with zero attached hydrogens (tertiary/aromatic N) is 2. The predicted octanol–water partition coefficient (Wildman–Crippen LogP) is 5.48. The number of ketones is 1. The number of hydrogen-bond acceptors (Lipinski definition) is 5. The quantitative estimate of drug-likeness (QED) is 0.220. The molecule has 0 spiro atoms. The lowest BCUT2D eigenvalue weighted by molar-refractivity contribution is -0.140. The van der Waals surface area contributed by atoms with E-state index < -0.39 is 23.5 Å². The summed E-state index contributed by atoms with van der Waals surface area (Å²) < 4.78 is 19.7. The number of likely N-dealkylation sites (tertiary alicyclic amines) is 1. The fraction of sp³-hybridized carbons (Fsp3) is 0.290. The number of likely N-dealkylation sites (N-methyl/N-ethyl adjacent to an activating group) is 1. The monoisotopic (exact) mass is 516 g/mol. The molecule has 0 radical (unpaired) electrons. The lowest BCUT2D eigenvalue weighted by Crippen LogP contribution is -2.38. The van der Waals surface area contributed by atoms with Gasteiger partial charge >= 0.3 is 0 Å². The molecule has 198 valence electrons. The maximum Gasteiger partial charge on any atom is 0.295 e. The summed E-state index contributed by atoms with van der Waals surface area (Å²) in [6.07, 6.45) is 0. The summed E-state index contributed by atoms with van der Waals surface area (Å²) in [5.41, 5.74) is 2.77. The van der Waals surface area contributed by atoms with Gasteiger partial charge < -0.3 is 19.6 Å². The molecule has 1 fully saturated rings. The summed E-state index contributed by atoms with van der Waals surface area (Å²) in [6.45, 7) is 8.81.